The van der Waals surface area contributed by atoms with Gasteiger partial charge >= 0.3 is 0 Å². The average Bonchev–Trinajstić information content (AvgIpc) is 4.03. The fourth-order valence-electron chi connectivity index (χ4n) is 11.7. The maximum Gasteiger partial charge on any atom is 0.0720 e. The van der Waals surface area contributed by atoms with Crippen molar-refractivity contribution in [3.05, 3.63) is 277 Å². The summed E-state index contributed by atoms with van der Waals surface area (Å²) < 4.78 is 4.92. The van der Waals surface area contributed by atoms with Crippen LogP contribution in [0.5, 0.6) is 0 Å². The highest BCUT2D eigenvalue weighted by atomic mass is 15.0. The van der Waals surface area contributed by atoms with Gasteiger partial charge in [0.15, 0.2) is 0 Å². The zero-order chi connectivity index (χ0) is 44.1. The van der Waals surface area contributed by atoms with E-state index in [1.54, 1.807) is 0 Å². The SMILES string of the molecule is c1ccc(-c2ccc(-n3c4ccccc4c4cc(-c5ccc6c(c5)c5c7c(ccc5n6-c5ccc6ccccc6c5)-c5ccccc5C7(c5ccccc5)c5ccccc5)ccc43)cc2)cc1. The molecule has 13 aromatic rings. The van der Waals surface area contributed by atoms with Crippen LogP contribution in [0.3, 0.4) is 0 Å². The van der Waals surface area contributed by atoms with Crippen LogP contribution in [0.1, 0.15) is 22.3 Å². The van der Waals surface area contributed by atoms with E-state index in [1.165, 1.54) is 110 Å². The van der Waals surface area contributed by atoms with E-state index in [1.807, 2.05) is 0 Å². The summed E-state index contributed by atoms with van der Waals surface area (Å²) in [4.78, 5) is 0. The van der Waals surface area contributed by atoms with Crippen LogP contribution in [-0.2, 0) is 5.41 Å². The number of para-hydroxylation sites is 1. The quantitative estimate of drug-likeness (QED) is 0.158. The maximum absolute atomic E-state index is 2.50. The van der Waals surface area contributed by atoms with E-state index in [-0.39, 0.29) is 0 Å². The van der Waals surface area contributed by atoms with Crippen LogP contribution in [0.4, 0.5) is 0 Å². The van der Waals surface area contributed by atoms with Crippen LogP contribution in [0.2, 0.25) is 0 Å². The summed E-state index contributed by atoms with van der Waals surface area (Å²) in [6.07, 6.45) is 0. The summed E-state index contributed by atoms with van der Waals surface area (Å²) in [7, 11) is 0. The molecule has 0 unspecified atom stereocenters. The van der Waals surface area contributed by atoms with Crippen LogP contribution in [-0.4, -0.2) is 9.13 Å². The lowest BCUT2D eigenvalue weighted by molar-refractivity contribution is 0.776. The van der Waals surface area contributed by atoms with E-state index in [0.29, 0.717) is 0 Å². The minimum Gasteiger partial charge on any atom is -0.309 e. The molecule has 0 fully saturated rings. The summed E-state index contributed by atoms with van der Waals surface area (Å²) in [6, 6.07) is 94.5. The fraction of sp³-hybridized carbons (Fsp3) is 0.0154. The first kappa shape index (κ1) is 37.6. The lowest BCUT2D eigenvalue weighted by atomic mass is 9.67. The molecule has 0 atom stereocenters. The van der Waals surface area contributed by atoms with Crippen molar-refractivity contribution in [1.29, 1.82) is 0 Å². The monoisotopic (exact) mass is 850 g/mol. The zero-order valence-corrected chi connectivity index (χ0v) is 36.6. The third-order valence-electron chi connectivity index (χ3n) is 14.6. The van der Waals surface area contributed by atoms with Gasteiger partial charge in [0.25, 0.3) is 0 Å². The molecule has 67 heavy (non-hydrogen) atoms. The molecule has 0 spiro atoms. The fourth-order valence-corrected chi connectivity index (χ4v) is 11.7. The van der Waals surface area contributed by atoms with Gasteiger partial charge in [0.05, 0.1) is 27.5 Å². The molecule has 312 valence electrons. The van der Waals surface area contributed by atoms with E-state index >= 15 is 0 Å². The Morgan fingerprint density at radius 3 is 1.55 bits per heavy atom. The van der Waals surface area contributed by atoms with Crippen molar-refractivity contribution in [2.45, 2.75) is 5.41 Å². The van der Waals surface area contributed by atoms with Gasteiger partial charge in [-0.05, 0) is 127 Å². The first-order valence-electron chi connectivity index (χ1n) is 23.3. The third-order valence-corrected chi connectivity index (χ3v) is 14.6. The number of hydrogen-bond acceptors (Lipinski definition) is 0. The molecule has 0 radical (unpaired) electrons. The number of nitrogens with zero attached hydrogens (tertiary/aromatic N) is 2. The predicted octanol–water partition coefficient (Wildman–Crippen LogP) is 16.7. The Labute approximate surface area is 388 Å². The summed E-state index contributed by atoms with van der Waals surface area (Å²) in [5, 5.41) is 7.46. The molecule has 1 aliphatic rings. The van der Waals surface area contributed by atoms with E-state index in [2.05, 4.69) is 264 Å². The van der Waals surface area contributed by atoms with Gasteiger partial charge in [-0.15, -0.1) is 0 Å². The molecule has 1 aliphatic carbocycles. The van der Waals surface area contributed by atoms with Crippen LogP contribution in [0.15, 0.2) is 255 Å². The minimum absolute atomic E-state index is 0.563. The smallest absolute Gasteiger partial charge is 0.0720 e. The Kier molecular flexibility index (Phi) is 8.23. The molecule has 0 saturated heterocycles. The average molecular weight is 851 g/mol. The highest BCUT2D eigenvalue weighted by Crippen LogP contribution is 2.59. The van der Waals surface area contributed by atoms with Gasteiger partial charge in [-0.1, -0.05) is 194 Å². The van der Waals surface area contributed by atoms with Crippen molar-refractivity contribution in [3.8, 4) is 44.8 Å². The van der Waals surface area contributed by atoms with Gasteiger partial charge in [0.2, 0.25) is 0 Å². The number of hydrogen-bond donors (Lipinski definition) is 0. The second-order valence-electron chi connectivity index (χ2n) is 18.0. The van der Waals surface area contributed by atoms with E-state index in [4.69, 9.17) is 0 Å². The normalized spacial score (nSPS) is 12.9. The number of rotatable bonds is 6. The van der Waals surface area contributed by atoms with Crippen LogP contribution in [0.25, 0.3) is 99.1 Å². The summed E-state index contributed by atoms with van der Waals surface area (Å²) >= 11 is 0. The van der Waals surface area contributed by atoms with Gasteiger partial charge in [-0.25, -0.2) is 0 Å². The highest BCUT2D eigenvalue weighted by Gasteiger charge is 2.47. The van der Waals surface area contributed by atoms with Crippen molar-refractivity contribution < 1.29 is 0 Å². The van der Waals surface area contributed by atoms with Crippen molar-refractivity contribution in [2.75, 3.05) is 0 Å². The summed E-state index contributed by atoms with van der Waals surface area (Å²) in [5.41, 5.74) is 19.1. The van der Waals surface area contributed by atoms with Crippen LogP contribution < -0.4 is 0 Å². The van der Waals surface area contributed by atoms with Crippen molar-refractivity contribution in [2.24, 2.45) is 0 Å². The molecule has 2 heteroatoms. The molecule has 0 bridgehead atoms. The van der Waals surface area contributed by atoms with E-state index in [9.17, 15) is 0 Å². The topological polar surface area (TPSA) is 9.86 Å². The van der Waals surface area contributed by atoms with Crippen molar-refractivity contribution in [3.63, 3.8) is 0 Å². The Morgan fingerprint density at radius 2 is 0.806 bits per heavy atom. The molecule has 14 rings (SSSR count). The van der Waals surface area contributed by atoms with Gasteiger partial charge in [-0.3, -0.25) is 0 Å². The Balaban J connectivity index is 1.04. The molecule has 0 amide bonds. The van der Waals surface area contributed by atoms with E-state index < -0.39 is 5.41 Å². The number of aromatic nitrogens is 2. The van der Waals surface area contributed by atoms with Crippen LogP contribution in [0, 0.1) is 0 Å². The molecular weight excluding hydrogens is 809 g/mol. The van der Waals surface area contributed by atoms with Gasteiger partial charge < -0.3 is 9.13 Å². The largest absolute Gasteiger partial charge is 0.309 e. The Morgan fingerprint density at radius 1 is 0.284 bits per heavy atom. The first-order valence-corrected chi connectivity index (χ1v) is 23.3. The van der Waals surface area contributed by atoms with E-state index in [0.717, 1.165) is 11.4 Å². The number of fused-ring (bicyclic) bond motifs is 11. The second kappa shape index (κ2) is 14.7. The molecule has 2 heterocycles. The van der Waals surface area contributed by atoms with Gasteiger partial charge in [-0.2, -0.15) is 0 Å². The molecule has 0 N–H and O–H groups in total. The third kappa shape index (κ3) is 5.51. The molecule has 11 aromatic carbocycles. The predicted molar refractivity (Wildman–Crippen MR) is 281 cm³/mol. The van der Waals surface area contributed by atoms with Gasteiger partial charge in [0, 0.05) is 32.9 Å². The lowest BCUT2D eigenvalue weighted by Gasteiger charge is -2.34. The summed E-state index contributed by atoms with van der Waals surface area (Å²) in [6.45, 7) is 0. The second-order valence-corrected chi connectivity index (χ2v) is 18.0. The molecular formula is C65H42N2. The Hall–Kier alpha value is -8.72. The minimum atomic E-state index is -0.563. The zero-order valence-electron chi connectivity index (χ0n) is 36.6. The maximum atomic E-state index is 2.50. The molecule has 2 aromatic heterocycles. The Bertz CT molecular complexity index is 4020. The highest BCUT2D eigenvalue weighted by molar-refractivity contribution is 6.17. The molecule has 0 aliphatic heterocycles. The molecule has 2 nitrogen and oxygen atoms in total. The number of benzene rings is 11. The molecule has 0 saturated carbocycles. The van der Waals surface area contributed by atoms with Gasteiger partial charge in [0.1, 0.15) is 0 Å². The standard InChI is InChI=1S/C65H42N2/c1-4-16-43(17-5-1)45-28-33-51(34-29-45)66-59-27-15-13-25-54(59)56-41-47(31-37-60(56)66)48-32-38-61-57(42-48)63-62(67(61)52-35-30-44-18-10-11-19-46(44)40-52)39-36-55-53-24-12-14-26-58(53)65(64(55)63,49-20-6-2-7-21-49)50-22-8-3-9-23-50/h1-42H. The lowest BCUT2D eigenvalue weighted by Crippen LogP contribution is -2.28. The van der Waals surface area contributed by atoms with Crippen LogP contribution >= 0.6 is 0 Å². The first-order chi connectivity index (χ1) is 33.2. The summed E-state index contributed by atoms with van der Waals surface area (Å²) in [5.74, 6) is 0. The van der Waals surface area contributed by atoms with Crippen molar-refractivity contribution >= 4 is 54.4 Å². The van der Waals surface area contributed by atoms with Crippen molar-refractivity contribution in [1.82, 2.24) is 9.13 Å².